The molecule has 3 aromatic rings. The second-order valence-electron chi connectivity index (χ2n) is 5.42. The van der Waals surface area contributed by atoms with Gasteiger partial charge in [0.25, 0.3) is 5.91 Å². The summed E-state index contributed by atoms with van der Waals surface area (Å²) in [7, 11) is 0. The van der Waals surface area contributed by atoms with Crippen molar-refractivity contribution in [3.63, 3.8) is 0 Å². The number of amides is 1. The number of carbonyl (C=O) groups excluding carboxylic acids is 1. The van der Waals surface area contributed by atoms with Gasteiger partial charge in [0.15, 0.2) is 5.11 Å². The Labute approximate surface area is 154 Å². The summed E-state index contributed by atoms with van der Waals surface area (Å²) < 4.78 is 12.9. The quantitative estimate of drug-likeness (QED) is 0.420. The van der Waals surface area contributed by atoms with Crippen LogP contribution in [0.25, 0.3) is 11.3 Å². The standard InChI is InChI=1S/C18H16FN5OS/c19-14-8-6-12(7-9-14)11-20-18(26)24-23-17(25)16-10-15(21-22-16)13-4-2-1-3-5-13/h1-10H,11H2,(H,21,22)(H,23,25)(H2,20,24,26). The monoisotopic (exact) mass is 369 g/mol. The maximum Gasteiger partial charge on any atom is 0.287 e. The van der Waals surface area contributed by atoms with Crippen LogP contribution in [-0.4, -0.2) is 21.2 Å². The van der Waals surface area contributed by atoms with Gasteiger partial charge in [-0.25, -0.2) is 4.39 Å². The van der Waals surface area contributed by atoms with Crippen molar-refractivity contribution in [3.05, 3.63) is 77.7 Å². The third kappa shape index (κ3) is 4.64. The lowest BCUT2D eigenvalue weighted by molar-refractivity contribution is 0.0938. The van der Waals surface area contributed by atoms with E-state index in [4.69, 9.17) is 12.2 Å². The van der Waals surface area contributed by atoms with Gasteiger partial charge < -0.3 is 5.32 Å². The summed E-state index contributed by atoms with van der Waals surface area (Å²) >= 11 is 5.09. The van der Waals surface area contributed by atoms with Crippen LogP contribution in [0.1, 0.15) is 16.1 Å². The lowest BCUT2D eigenvalue weighted by atomic mass is 10.1. The number of hydrogen-bond acceptors (Lipinski definition) is 3. The van der Waals surface area contributed by atoms with Crippen molar-refractivity contribution in [2.24, 2.45) is 0 Å². The molecule has 0 spiro atoms. The maximum absolute atomic E-state index is 12.9. The highest BCUT2D eigenvalue weighted by atomic mass is 32.1. The molecule has 0 radical (unpaired) electrons. The fourth-order valence-electron chi connectivity index (χ4n) is 2.20. The fourth-order valence-corrected chi connectivity index (χ4v) is 2.33. The normalized spacial score (nSPS) is 10.2. The van der Waals surface area contributed by atoms with Crippen LogP contribution in [0.3, 0.4) is 0 Å². The maximum atomic E-state index is 12.9. The molecular weight excluding hydrogens is 353 g/mol. The first kappa shape index (κ1) is 17.6. The van der Waals surface area contributed by atoms with E-state index in [9.17, 15) is 9.18 Å². The van der Waals surface area contributed by atoms with Crippen molar-refractivity contribution in [1.29, 1.82) is 0 Å². The second kappa shape index (κ2) is 8.21. The van der Waals surface area contributed by atoms with Crippen LogP contribution in [-0.2, 0) is 6.54 Å². The average molecular weight is 369 g/mol. The largest absolute Gasteiger partial charge is 0.357 e. The van der Waals surface area contributed by atoms with Gasteiger partial charge in [0, 0.05) is 12.1 Å². The minimum atomic E-state index is -0.398. The van der Waals surface area contributed by atoms with E-state index < -0.39 is 5.91 Å². The van der Waals surface area contributed by atoms with Crippen molar-refractivity contribution < 1.29 is 9.18 Å². The van der Waals surface area contributed by atoms with Gasteiger partial charge >= 0.3 is 0 Å². The number of carbonyl (C=O) groups is 1. The smallest absolute Gasteiger partial charge is 0.287 e. The van der Waals surface area contributed by atoms with Crippen LogP contribution in [0, 0.1) is 5.82 Å². The Bertz CT molecular complexity index is 895. The van der Waals surface area contributed by atoms with E-state index in [-0.39, 0.29) is 10.9 Å². The van der Waals surface area contributed by atoms with Gasteiger partial charge in [-0.15, -0.1) is 0 Å². The Morgan fingerprint density at radius 2 is 1.81 bits per heavy atom. The van der Waals surface area contributed by atoms with Crippen molar-refractivity contribution in [2.45, 2.75) is 6.54 Å². The Kier molecular flexibility index (Phi) is 5.55. The average Bonchev–Trinajstić information content (AvgIpc) is 3.17. The molecule has 0 saturated heterocycles. The molecule has 4 N–H and O–H groups in total. The Balaban J connectivity index is 1.48. The molecule has 0 atom stereocenters. The number of halogens is 1. The summed E-state index contributed by atoms with van der Waals surface area (Å²) in [6.45, 7) is 0.407. The van der Waals surface area contributed by atoms with Gasteiger partial charge in [0.2, 0.25) is 0 Å². The van der Waals surface area contributed by atoms with Gasteiger partial charge in [-0.1, -0.05) is 42.5 Å². The molecule has 132 valence electrons. The Morgan fingerprint density at radius 3 is 2.54 bits per heavy atom. The Hall–Kier alpha value is -3.26. The number of nitrogens with one attached hydrogen (secondary N) is 4. The number of aromatic amines is 1. The van der Waals surface area contributed by atoms with Crippen LogP contribution in [0.2, 0.25) is 0 Å². The summed E-state index contributed by atoms with van der Waals surface area (Å²) in [5.74, 6) is -0.693. The molecule has 0 aliphatic carbocycles. The van der Waals surface area contributed by atoms with Gasteiger partial charge in [-0.05, 0) is 36.0 Å². The molecule has 3 rings (SSSR count). The lowest BCUT2D eigenvalue weighted by Gasteiger charge is -2.11. The first-order chi connectivity index (χ1) is 12.6. The summed E-state index contributed by atoms with van der Waals surface area (Å²) in [5, 5.41) is 9.97. The topological polar surface area (TPSA) is 81.8 Å². The molecule has 0 unspecified atom stereocenters. The van der Waals surface area contributed by atoms with Gasteiger partial charge in [0.05, 0.1) is 5.69 Å². The molecule has 1 aromatic heterocycles. The van der Waals surface area contributed by atoms with Crippen LogP contribution in [0.5, 0.6) is 0 Å². The number of hydrazine groups is 1. The summed E-state index contributed by atoms with van der Waals surface area (Å²) in [4.78, 5) is 12.1. The van der Waals surface area contributed by atoms with E-state index in [1.807, 2.05) is 30.3 Å². The van der Waals surface area contributed by atoms with Gasteiger partial charge in [-0.3, -0.25) is 20.7 Å². The molecule has 0 bridgehead atoms. The predicted octanol–water partition coefficient (Wildman–Crippen LogP) is 2.52. The van der Waals surface area contributed by atoms with Crippen molar-refractivity contribution in [2.75, 3.05) is 0 Å². The number of hydrogen-bond donors (Lipinski definition) is 4. The Morgan fingerprint density at radius 1 is 1.08 bits per heavy atom. The zero-order valence-electron chi connectivity index (χ0n) is 13.6. The van der Waals surface area contributed by atoms with Crippen molar-refractivity contribution in [1.82, 2.24) is 26.4 Å². The zero-order valence-corrected chi connectivity index (χ0v) is 14.4. The van der Waals surface area contributed by atoms with Gasteiger partial charge in [0.1, 0.15) is 11.5 Å². The zero-order chi connectivity index (χ0) is 18.4. The third-order valence-electron chi connectivity index (χ3n) is 3.55. The minimum Gasteiger partial charge on any atom is -0.357 e. The molecule has 6 nitrogen and oxygen atoms in total. The molecular formula is C18H16FN5OS. The van der Waals surface area contributed by atoms with Crippen molar-refractivity contribution >= 4 is 23.2 Å². The SMILES string of the molecule is O=C(NNC(=S)NCc1ccc(F)cc1)c1cc(-c2ccccc2)n[nH]1. The summed E-state index contributed by atoms with van der Waals surface area (Å²) in [6, 6.07) is 17.2. The van der Waals surface area contributed by atoms with Crippen LogP contribution in [0.4, 0.5) is 4.39 Å². The molecule has 2 aromatic carbocycles. The molecule has 0 saturated carbocycles. The first-order valence-corrected chi connectivity index (χ1v) is 8.22. The number of rotatable bonds is 4. The van der Waals surface area contributed by atoms with E-state index in [1.165, 1.54) is 12.1 Å². The minimum absolute atomic E-state index is 0.241. The number of aromatic nitrogens is 2. The van der Waals surface area contributed by atoms with Crippen molar-refractivity contribution in [3.8, 4) is 11.3 Å². The first-order valence-electron chi connectivity index (χ1n) is 7.81. The highest BCUT2D eigenvalue weighted by molar-refractivity contribution is 7.80. The lowest BCUT2D eigenvalue weighted by Crippen LogP contribution is -2.46. The highest BCUT2D eigenvalue weighted by Gasteiger charge is 2.11. The van der Waals surface area contributed by atoms with E-state index in [2.05, 4.69) is 26.4 Å². The number of H-pyrrole nitrogens is 1. The predicted molar refractivity (Wildman–Crippen MR) is 100 cm³/mol. The van der Waals surface area contributed by atoms with E-state index in [0.29, 0.717) is 17.9 Å². The highest BCUT2D eigenvalue weighted by Crippen LogP contribution is 2.16. The van der Waals surface area contributed by atoms with E-state index in [0.717, 1.165) is 11.1 Å². The molecule has 8 heteroatoms. The molecule has 1 amide bonds. The van der Waals surface area contributed by atoms with Crippen LogP contribution >= 0.6 is 12.2 Å². The van der Waals surface area contributed by atoms with Gasteiger partial charge in [-0.2, -0.15) is 5.10 Å². The molecule has 1 heterocycles. The van der Waals surface area contributed by atoms with E-state index in [1.54, 1.807) is 18.2 Å². The van der Waals surface area contributed by atoms with Crippen LogP contribution in [0.15, 0.2) is 60.7 Å². The third-order valence-corrected chi connectivity index (χ3v) is 3.79. The van der Waals surface area contributed by atoms with Crippen LogP contribution < -0.4 is 16.2 Å². The number of thiocarbonyl (C=S) groups is 1. The second-order valence-corrected chi connectivity index (χ2v) is 5.83. The molecule has 0 fully saturated rings. The summed E-state index contributed by atoms with van der Waals surface area (Å²) in [6.07, 6.45) is 0. The number of nitrogens with zero attached hydrogens (tertiary/aromatic N) is 1. The molecule has 0 aliphatic heterocycles. The summed E-state index contributed by atoms with van der Waals surface area (Å²) in [5.41, 5.74) is 7.85. The molecule has 0 aliphatic rings. The van der Waals surface area contributed by atoms with E-state index >= 15 is 0 Å². The number of benzene rings is 2. The molecule has 26 heavy (non-hydrogen) atoms. The fraction of sp³-hybridized carbons (Fsp3) is 0.0556.